The van der Waals surface area contributed by atoms with E-state index in [4.69, 9.17) is 10.5 Å². The molecule has 0 bridgehead atoms. The number of rotatable bonds is 5. The average molecular weight is 343 g/mol. The number of hydrazine groups is 1. The van der Waals surface area contributed by atoms with Crippen LogP contribution in [0.5, 0.6) is 11.6 Å². The highest BCUT2D eigenvalue weighted by molar-refractivity contribution is 5.88. The Morgan fingerprint density at radius 1 is 0.769 bits per heavy atom. The van der Waals surface area contributed by atoms with Crippen LogP contribution in [0.2, 0.25) is 0 Å². The Morgan fingerprint density at radius 3 is 2.42 bits per heavy atom. The molecule has 0 aliphatic rings. The number of ether oxygens (including phenoxy) is 1. The maximum absolute atomic E-state index is 6.19. The lowest BCUT2D eigenvalue weighted by Crippen LogP contribution is -2.12. The Bertz CT molecular complexity index is 1030. The molecule has 1 heterocycles. The smallest absolute Gasteiger partial charge is 0.248 e. The van der Waals surface area contributed by atoms with Crippen molar-refractivity contribution in [2.24, 2.45) is 0 Å². The second kappa shape index (κ2) is 6.98. The minimum Gasteiger partial charge on any atom is -0.436 e. The first-order valence-corrected chi connectivity index (χ1v) is 8.14. The lowest BCUT2D eigenvalue weighted by Gasteiger charge is -2.14. The van der Waals surface area contributed by atoms with Crippen LogP contribution < -0.4 is 21.3 Å². The van der Waals surface area contributed by atoms with Gasteiger partial charge in [-0.05, 0) is 23.6 Å². The SMILES string of the molecule is Nc1c(NNc2ccccc2)ncnc1Oc1cccc2ccccc12. The third kappa shape index (κ3) is 3.21. The van der Waals surface area contributed by atoms with Crippen LogP contribution >= 0.6 is 0 Å². The van der Waals surface area contributed by atoms with E-state index >= 15 is 0 Å². The lowest BCUT2D eigenvalue weighted by molar-refractivity contribution is 0.470. The largest absolute Gasteiger partial charge is 0.436 e. The van der Waals surface area contributed by atoms with Gasteiger partial charge in [0.15, 0.2) is 5.82 Å². The van der Waals surface area contributed by atoms with Crippen LogP contribution in [0.3, 0.4) is 0 Å². The van der Waals surface area contributed by atoms with E-state index in [2.05, 4.69) is 20.8 Å². The summed E-state index contributed by atoms with van der Waals surface area (Å²) in [6.45, 7) is 0. The number of para-hydroxylation sites is 1. The summed E-state index contributed by atoms with van der Waals surface area (Å²) in [4.78, 5) is 8.34. The first-order chi connectivity index (χ1) is 12.8. The van der Waals surface area contributed by atoms with Gasteiger partial charge < -0.3 is 10.5 Å². The molecule has 0 fully saturated rings. The normalized spacial score (nSPS) is 10.5. The Kier molecular flexibility index (Phi) is 4.22. The van der Waals surface area contributed by atoms with Gasteiger partial charge in [-0.1, -0.05) is 54.6 Å². The summed E-state index contributed by atoms with van der Waals surface area (Å²) in [5, 5.41) is 2.08. The first kappa shape index (κ1) is 15.7. The molecule has 0 unspecified atom stereocenters. The van der Waals surface area contributed by atoms with E-state index in [1.807, 2.05) is 72.8 Å². The fraction of sp³-hybridized carbons (Fsp3) is 0. The van der Waals surface area contributed by atoms with Crippen molar-refractivity contribution in [3.05, 3.63) is 79.1 Å². The molecule has 0 spiro atoms. The third-order valence-corrected chi connectivity index (χ3v) is 3.90. The lowest BCUT2D eigenvalue weighted by atomic mass is 10.1. The molecule has 128 valence electrons. The highest BCUT2D eigenvalue weighted by Gasteiger charge is 2.11. The van der Waals surface area contributed by atoms with Gasteiger partial charge in [0, 0.05) is 5.39 Å². The third-order valence-electron chi connectivity index (χ3n) is 3.90. The predicted octanol–water partition coefficient (Wildman–Crippen LogP) is 4.44. The molecule has 1 aromatic heterocycles. The highest BCUT2D eigenvalue weighted by Crippen LogP contribution is 2.33. The van der Waals surface area contributed by atoms with Crippen LogP contribution in [-0.2, 0) is 0 Å². The number of benzene rings is 3. The molecule has 4 aromatic rings. The van der Waals surface area contributed by atoms with E-state index in [1.165, 1.54) is 6.33 Å². The maximum atomic E-state index is 6.19. The van der Waals surface area contributed by atoms with Gasteiger partial charge in [-0.15, -0.1) is 0 Å². The van der Waals surface area contributed by atoms with Gasteiger partial charge in [0.1, 0.15) is 17.8 Å². The summed E-state index contributed by atoms with van der Waals surface area (Å²) in [6.07, 6.45) is 1.41. The second-order valence-electron chi connectivity index (χ2n) is 5.64. The van der Waals surface area contributed by atoms with Crippen LogP contribution in [0.15, 0.2) is 79.1 Å². The van der Waals surface area contributed by atoms with Crippen molar-refractivity contribution < 1.29 is 4.74 Å². The van der Waals surface area contributed by atoms with Crippen LogP contribution in [0.1, 0.15) is 0 Å². The molecule has 0 aliphatic heterocycles. The molecule has 3 aromatic carbocycles. The van der Waals surface area contributed by atoms with Crippen molar-refractivity contribution in [1.82, 2.24) is 9.97 Å². The molecule has 6 nitrogen and oxygen atoms in total. The number of nitrogen functional groups attached to an aromatic ring is 1. The number of anilines is 3. The van der Waals surface area contributed by atoms with Crippen LogP contribution in [0.25, 0.3) is 10.8 Å². The average Bonchev–Trinajstić information content (AvgIpc) is 2.70. The molecule has 0 radical (unpaired) electrons. The number of hydrogen-bond donors (Lipinski definition) is 3. The van der Waals surface area contributed by atoms with Gasteiger partial charge in [-0.3, -0.25) is 10.9 Å². The fourth-order valence-electron chi connectivity index (χ4n) is 2.60. The number of nitrogens with one attached hydrogen (secondary N) is 2. The summed E-state index contributed by atoms with van der Waals surface area (Å²) in [7, 11) is 0. The molecule has 26 heavy (non-hydrogen) atoms. The van der Waals surface area contributed by atoms with E-state index in [-0.39, 0.29) is 0 Å². The van der Waals surface area contributed by atoms with Crippen molar-refractivity contribution in [2.75, 3.05) is 16.6 Å². The van der Waals surface area contributed by atoms with Gasteiger partial charge in [-0.2, -0.15) is 4.98 Å². The molecule has 0 saturated heterocycles. The number of aromatic nitrogens is 2. The Morgan fingerprint density at radius 2 is 1.54 bits per heavy atom. The standard InChI is InChI=1S/C20H17N5O/c21-18-19(25-24-15-9-2-1-3-10-15)22-13-23-20(18)26-17-12-6-8-14-7-4-5-11-16(14)17/h1-13,24H,21H2,(H,22,23,25). The molecular formula is C20H17N5O. The predicted molar refractivity (Wildman–Crippen MR) is 104 cm³/mol. The van der Waals surface area contributed by atoms with E-state index in [0.717, 1.165) is 16.5 Å². The van der Waals surface area contributed by atoms with Crippen molar-refractivity contribution >= 4 is 28.0 Å². The number of fused-ring (bicyclic) bond motifs is 1. The molecule has 0 saturated carbocycles. The van der Waals surface area contributed by atoms with Crippen molar-refractivity contribution in [1.29, 1.82) is 0 Å². The molecule has 4 N–H and O–H groups in total. The van der Waals surface area contributed by atoms with Crippen molar-refractivity contribution in [2.45, 2.75) is 0 Å². The summed E-state index contributed by atoms with van der Waals surface area (Å²) in [5.41, 5.74) is 13.4. The Labute approximate surface area is 150 Å². The van der Waals surface area contributed by atoms with E-state index in [1.54, 1.807) is 0 Å². The zero-order valence-corrected chi connectivity index (χ0v) is 13.9. The fourth-order valence-corrected chi connectivity index (χ4v) is 2.60. The zero-order valence-electron chi connectivity index (χ0n) is 13.9. The van der Waals surface area contributed by atoms with Crippen LogP contribution in [0, 0.1) is 0 Å². The Hall–Kier alpha value is -3.80. The molecule has 0 aliphatic carbocycles. The molecule has 6 heteroatoms. The van der Waals surface area contributed by atoms with E-state index < -0.39 is 0 Å². The van der Waals surface area contributed by atoms with E-state index in [9.17, 15) is 0 Å². The quantitative estimate of drug-likeness (QED) is 0.464. The van der Waals surface area contributed by atoms with Crippen LogP contribution in [-0.4, -0.2) is 9.97 Å². The molecular weight excluding hydrogens is 326 g/mol. The van der Waals surface area contributed by atoms with Crippen LogP contribution in [0.4, 0.5) is 17.2 Å². The second-order valence-corrected chi connectivity index (χ2v) is 5.64. The van der Waals surface area contributed by atoms with Gasteiger partial charge in [0.05, 0.1) is 5.69 Å². The van der Waals surface area contributed by atoms with E-state index in [0.29, 0.717) is 23.1 Å². The summed E-state index contributed by atoms with van der Waals surface area (Å²) < 4.78 is 5.97. The maximum Gasteiger partial charge on any atom is 0.248 e. The minimum atomic E-state index is 0.300. The minimum absolute atomic E-state index is 0.300. The monoisotopic (exact) mass is 343 g/mol. The van der Waals surface area contributed by atoms with Gasteiger partial charge in [-0.25, -0.2) is 4.98 Å². The molecule has 4 rings (SSSR count). The first-order valence-electron chi connectivity index (χ1n) is 8.14. The van der Waals surface area contributed by atoms with Gasteiger partial charge in [0.25, 0.3) is 0 Å². The summed E-state index contributed by atoms with van der Waals surface area (Å²) >= 11 is 0. The zero-order chi connectivity index (χ0) is 17.8. The number of hydrogen-bond acceptors (Lipinski definition) is 6. The summed E-state index contributed by atoms with van der Waals surface area (Å²) in [5.74, 6) is 1.43. The highest BCUT2D eigenvalue weighted by atomic mass is 16.5. The number of nitrogens with zero attached hydrogens (tertiary/aromatic N) is 2. The topological polar surface area (TPSA) is 85.1 Å². The van der Waals surface area contributed by atoms with Crippen molar-refractivity contribution in [3.8, 4) is 11.6 Å². The van der Waals surface area contributed by atoms with Gasteiger partial charge >= 0.3 is 0 Å². The number of nitrogens with two attached hydrogens (primary N) is 1. The summed E-state index contributed by atoms with van der Waals surface area (Å²) in [6, 6.07) is 23.5. The van der Waals surface area contributed by atoms with Gasteiger partial charge in [0.2, 0.25) is 5.88 Å². The molecule has 0 amide bonds. The van der Waals surface area contributed by atoms with Crippen molar-refractivity contribution in [3.63, 3.8) is 0 Å². The molecule has 0 atom stereocenters. The Balaban J connectivity index is 1.59.